The molecule has 0 aliphatic heterocycles. The van der Waals surface area contributed by atoms with Crippen LogP contribution < -0.4 is 9.47 Å². The fraction of sp³-hybridized carbons (Fsp3) is 0.0667. The van der Waals surface area contributed by atoms with Gasteiger partial charge in [0.15, 0.2) is 6.61 Å². The molecule has 0 radical (unpaired) electrons. The number of ether oxygens (including phenoxy) is 2. The monoisotopic (exact) mass is 428 g/mol. The van der Waals surface area contributed by atoms with Crippen LogP contribution in [0.15, 0.2) is 51.4 Å². The number of hydrogen-bond acceptors (Lipinski definition) is 4. The molecule has 0 amide bonds. The number of esters is 1. The average molecular weight is 430 g/mol. The number of carboxylic acid groups (broad SMARTS) is 1. The molecule has 0 saturated heterocycles. The second kappa shape index (κ2) is 7.42. The van der Waals surface area contributed by atoms with E-state index < -0.39 is 11.9 Å². The smallest absolute Gasteiger partial charge is 0.349 e. The summed E-state index contributed by atoms with van der Waals surface area (Å²) in [6.45, 7) is -0.323. The average Bonchev–Trinajstić information content (AvgIpc) is 2.48. The molecule has 2 aromatic rings. The summed E-state index contributed by atoms with van der Waals surface area (Å²) in [6, 6.07) is 11.3. The van der Waals surface area contributed by atoms with Crippen LogP contribution in [0, 0.1) is 0 Å². The van der Waals surface area contributed by atoms with Crippen LogP contribution in [0.4, 0.5) is 0 Å². The summed E-state index contributed by atoms with van der Waals surface area (Å²) >= 11 is 6.46. The third-order valence-corrected chi connectivity index (χ3v) is 3.59. The van der Waals surface area contributed by atoms with E-state index in [9.17, 15) is 9.59 Å². The van der Waals surface area contributed by atoms with Gasteiger partial charge in [0.25, 0.3) is 0 Å². The number of benzene rings is 2. The Hall–Kier alpha value is -1.86. The molecule has 0 spiro atoms. The van der Waals surface area contributed by atoms with Crippen LogP contribution in [-0.2, 0) is 4.79 Å². The molecule has 0 saturated carbocycles. The first-order valence-corrected chi connectivity index (χ1v) is 7.66. The van der Waals surface area contributed by atoms with Crippen LogP contribution in [-0.4, -0.2) is 23.7 Å². The van der Waals surface area contributed by atoms with Gasteiger partial charge in [-0.3, -0.25) is 0 Å². The van der Waals surface area contributed by atoms with Crippen LogP contribution in [0.5, 0.6) is 11.5 Å². The quantitative estimate of drug-likeness (QED) is 0.576. The highest BCUT2D eigenvalue weighted by molar-refractivity contribution is 9.10. The third-order valence-electron chi connectivity index (χ3n) is 2.57. The Morgan fingerprint density at radius 1 is 1.00 bits per heavy atom. The van der Waals surface area contributed by atoms with E-state index in [1.807, 2.05) is 0 Å². The van der Waals surface area contributed by atoms with Crippen molar-refractivity contribution < 1.29 is 24.2 Å². The molecule has 22 heavy (non-hydrogen) atoms. The summed E-state index contributed by atoms with van der Waals surface area (Å²) < 4.78 is 11.8. The number of carboxylic acids is 1. The molecule has 7 heteroatoms. The Morgan fingerprint density at radius 3 is 2.27 bits per heavy atom. The van der Waals surface area contributed by atoms with Crippen molar-refractivity contribution >= 4 is 43.8 Å². The van der Waals surface area contributed by atoms with E-state index in [4.69, 9.17) is 14.6 Å². The zero-order valence-corrected chi connectivity index (χ0v) is 14.3. The predicted molar refractivity (Wildman–Crippen MR) is 86.4 cm³/mol. The maximum atomic E-state index is 11.8. The molecule has 0 bridgehead atoms. The lowest BCUT2D eigenvalue weighted by atomic mass is 10.2. The topological polar surface area (TPSA) is 72.8 Å². The summed E-state index contributed by atoms with van der Waals surface area (Å²) in [6.07, 6.45) is 0. The largest absolute Gasteiger partial charge is 0.482 e. The van der Waals surface area contributed by atoms with Gasteiger partial charge in [0, 0.05) is 8.95 Å². The van der Waals surface area contributed by atoms with Crippen molar-refractivity contribution in [3.8, 4) is 11.5 Å². The molecule has 0 aliphatic carbocycles. The lowest BCUT2D eigenvalue weighted by molar-refractivity contribution is -0.136. The van der Waals surface area contributed by atoms with E-state index in [2.05, 4.69) is 31.9 Å². The number of halogens is 2. The van der Waals surface area contributed by atoms with Crippen LogP contribution in [0.1, 0.15) is 10.4 Å². The molecular weight excluding hydrogens is 420 g/mol. The van der Waals surface area contributed by atoms with Crippen LogP contribution >= 0.6 is 31.9 Å². The Labute approximate surface area is 143 Å². The van der Waals surface area contributed by atoms with Gasteiger partial charge in [-0.15, -0.1) is 0 Å². The predicted octanol–water partition coefficient (Wildman–Crippen LogP) is 3.89. The Kier molecular flexibility index (Phi) is 5.57. The zero-order valence-electron chi connectivity index (χ0n) is 11.1. The molecule has 0 aliphatic rings. The van der Waals surface area contributed by atoms with E-state index in [1.165, 1.54) is 12.1 Å². The molecule has 5 nitrogen and oxygen atoms in total. The highest BCUT2D eigenvalue weighted by Gasteiger charge is 2.15. The molecule has 0 fully saturated rings. The van der Waals surface area contributed by atoms with E-state index in [0.29, 0.717) is 10.2 Å². The highest BCUT2D eigenvalue weighted by Crippen LogP contribution is 2.23. The second-order valence-electron chi connectivity index (χ2n) is 4.16. The summed E-state index contributed by atoms with van der Waals surface area (Å²) in [5.74, 6) is -1.39. The SMILES string of the molecule is O=C(COc1ccc(Br)cc1)Oc1ccc(Br)cc1C(=O)O. The minimum Gasteiger partial charge on any atom is -0.482 e. The lowest BCUT2D eigenvalue weighted by Gasteiger charge is -2.09. The Bertz CT molecular complexity index is 698. The van der Waals surface area contributed by atoms with E-state index >= 15 is 0 Å². The maximum Gasteiger partial charge on any atom is 0.349 e. The fourth-order valence-electron chi connectivity index (χ4n) is 1.58. The molecule has 114 valence electrons. The molecule has 2 rings (SSSR count). The zero-order chi connectivity index (χ0) is 16.1. The fourth-order valence-corrected chi connectivity index (χ4v) is 2.21. The summed E-state index contributed by atoms with van der Waals surface area (Å²) in [5, 5.41) is 9.09. The van der Waals surface area contributed by atoms with Gasteiger partial charge in [-0.05, 0) is 42.5 Å². The molecule has 1 N–H and O–H groups in total. The van der Waals surface area contributed by atoms with Crippen LogP contribution in [0.25, 0.3) is 0 Å². The molecule has 2 aromatic carbocycles. The van der Waals surface area contributed by atoms with Crippen molar-refractivity contribution in [1.82, 2.24) is 0 Å². The molecule has 0 heterocycles. The van der Waals surface area contributed by atoms with E-state index in [1.54, 1.807) is 30.3 Å². The van der Waals surface area contributed by atoms with Gasteiger partial charge in [-0.1, -0.05) is 31.9 Å². The first kappa shape index (κ1) is 16.5. The minimum atomic E-state index is -1.18. The van der Waals surface area contributed by atoms with Crippen LogP contribution in [0.3, 0.4) is 0 Å². The van der Waals surface area contributed by atoms with Gasteiger partial charge in [-0.2, -0.15) is 0 Å². The number of carbonyl (C=O) groups is 2. The van der Waals surface area contributed by atoms with Gasteiger partial charge in [0.05, 0.1) is 0 Å². The van der Waals surface area contributed by atoms with Crippen molar-refractivity contribution in [2.45, 2.75) is 0 Å². The summed E-state index contributed by atoms with van der Waals surface area (Å²) in [4.78, 5) is 22.9. The number of aromatic carboxylic acids is 1. The second-order valence-corrected chi connectivity index (χ2v) is 5.99. The normalized spacial score (nSPS) is 10.1. The standard InChI is InChI=1S/C15H10Br2O5/c16-9-1-4-11(5-2-9)21-8-14(18)22-13-6-3-10(17)7-12(13)15(19)20/h1-7H,8H2,(H,19,20). The van der Waals surface area contributed by atoms with Crippen LogP contribution in [0.2, 0.25) is 0 Å². The number of carbonyl (C=O) groups excluding carboxylic acids is 1. The van der Waals surface area contributed by atoms with Crippen molar-refractivity contribution in [3.63, 3.8) is 0 Å². The third kappa shape index (κ3) is 4.57. The van der Waals surface area contributed by atoms with Gasteiger partial charge in [-0.25, -0.2) is 9.59 Å². The van der Waals surface area contributed by atoms with E-state index in [-0.39, 0.29) is 17.9 Å². The summed E-state index contributed by atoms with van der Waals surface area (Å²) in [7, 11) is 0. The van der Waals surface area contributed by atoms with Gasteiger partial charge >= 0.3 is 11.9 Å². The first-order chi connectivity index (χ1) is 10.5. The molecular formula is C15H10Br2O5. The van der Waals surface area contributed by atoms with Crippen molar-refractivity contribution in [3.05, 3.63) is 57.0 Å². The molecule has 0 unspecified atom stereocenters. The van der Waals surface area contributed by atoms with Crippen molar-refractivity contribution in [2.24, 2.45) is 0 Å². The first-order valence-electron chi connectivity index (χ1n) is 6.07. The Morgan fingerprint density at radius 2 is 1.64 bits per heavy atom. The highest BCUT2D eigenvalue weighted by atomic mass is 79.9. The number of rotatable bonds is 5. The Balaban J connectivity index is 2.00. The van der Waals surface area contributed by atoms with Crippen molar-refractivity contribution in [1.29, 1.82) is 0 Å². The van der Waals surface area contributed by atoms with Gasteiger partial charge in [0.1, 0.15) is 17.1 Å². The van der Waals surface area contributed by atoms with Gasteiger partial charge < -0.3 is 14.6 Å². The van der Waals surface area contributed by atoms with E-state index in [0.717, 1.165) is 4.47 Å². The van der Waals surface area contributed by atoms with Gasteiger partial charge in [0.2, 0.25) is 0 Å². The molecule has 0 aromatic heterocycles. The lowest BCUT2D eigenvalue weighted by Crippen LogP contribution is -2.19. The summed E-state index contributed by atoms with van der Waals surface area (Å²) in [5.41, 5.74) is -0.105. The molecule has 0 atom stereocenters. The minimum absolute atomic E-state index is 0.0277. The van der Waals surface area contributed by atoms with Crippen molar-refractivity contribution in [2.75, 3.05) is 6.61 Å². The maximum absolute atomic E-state index is 11.8. The number of hydrogen-bond donors (Lipinski definition) is 1.